The molecule has 0 bridgehead atoms. The van der Waals surface area contributed by atoms with Crippen molar-refractivity contribution in [3.05, 3.63) is 58.8 Å². The first-order valence-electron chi connectivity index (χ1n) is 9.55. The largest absolute Gasteiger partial charge is 0.436 e. The SMILES string of the molecule is Cc1cc2nc(-c3ccc(C)c(NC=C4C(=O)OC(C)(C)OC4=O)c3)oc2cc1C. The van der Waals surface area contributed by atoms with E-state index in [-0.39, 0.29) is 5.57 Å². The summed E-state index contributed by atoms with van der Waals surface area (Å²) >= 11 is 0. The highest BCUT2D eigenvalue weighted by atomic mass is 16.7. The maximum Gasteiger partial charge on any atom is 0.350 e. The van der Waals surface area contributed by atoms with Crippen molar-refractivity contribution in [1.82, 2.24) is 4.98 Å². The molecule has 1 aliphatic rings. The van der Waals surface area contributed by atoms with Gasteiger partial charge in [-0.3, -0.25) is 0 Å². The number of fused-ring (bicyclic) bond motifs is 1. The summed E-state index contributed by atoms with van der Waals surface area (Å²) in [7, 11) is 0. The summed E-state index contributed by atoms with van der Waals surface area (Å²) in [6, 6.07) is 9.63. The lowest BCUT2D eigenvalue weighted by molar-refractivity contribution is -0.222. The highest BCUT2D eigenvalue weighted by molar-refractivity contribution is 6.15. The zero-order chi connectivity index (χ0) is 21.6. The molecule has 1 aliphatic heterocycles. The summed E-state index contributed by atoms with van der Waals surface area (Å²) in [6.45, 7) is 8.98. The van der Waals surface area contributed by atoms with E-state index in [4.69, 9.17) is 13.9 Å². The Morgan fingerprint density at radius 2 is 1.60 bits per heavy atom. The molecule has 1 N–H and O–H groups in total. The number of aryl methyl sites for hydroxylation is 3. The molecule has 0 spiro atoms. The molecule has 30 heavy (non-hydrogen) atoms. The Balaban J connectivity index is 1.64. The fraction of sp³-hybridized carbons (Fsp3) is 0.261. The number of esters is 2. The standard InChI is InChI=1S/C23H22N2O5/c1-12-6-7-15(20-25-18-8-13(2)14(3)9-19(18)28-20)10-17(12)24-11-16-21(26)29-23(4,5)30-22(16)27/h6-11,24H,1-5H3. The van der Waals surface area contributed by atoms with Gasteiger partial charge in [-0.05, 0) is 61.7 Å². The van der Waals surface area contributed by atoms with E-state index < -0.39 is 17.7 Å². The quantitative estimate of drug-likeness (QED) is 0.388. The number of nitrogens with one attached hydrogen (secondary N) is 1. The molecule has 2 aromatic carbocycles. The number of hydrogen-bond donors (Lipinski definition) is 1. The third-order valence-corrected chi connectivity index (χ3v) is 4.98. The van der Waals surface area contributed by atoms with Crippen LogP contribution in [0.3, 0.4) is 0 Å². The van der Waals surface area contributed by atoms with E-state index in [0.29, 0.717) is 11.6 Å². The minimum atomic E-state index is -1.27. The second-order valence-corrected chi connectivity index (χ2v) is 7.83. The third-order valence-electron chi connectivity index (χ3n) is 4.98. The van der Waals surface area contributed by atoms with Gasteiger partial charge >= 0.3 is 11.9 Å². The van der Waals surface area contributed by atoms with Crippen LogP contribution in [0.25, 0.3) is 22.6 Å². The Hall–Kier alpha value is -3.61. The average molecular weight is 406 g/mol. The molecule has 0 aliphatic carbocycles. The van der Waals surface area contributed by atoms with Gasteiger partial charge in [0, 0.05) is 31.3 Å². The summed E-state index contributed by atoms with van der Waals surface area (Å²) in [4.78, 5) is 28.8. The van der Waals surface area contributed by atoms with Crippen molar-refractivity contribution in [2.75, 3.05) is 5.32 Å². The number of hydrogen-bond acceptors (Lipinski definition) is 7. The van der Waals surface area contributed by atoms with Crippen LogP contribution in [0.2, 0.25) is 0 Å². The Kier molecular flexibility index (Phi) is 4.61. The van der Waals surface area contributed by atoms with Crippen LogP contribution in [0.5, 0.6) is 0 Å². The Morgan fingerprint density at radius 3 is 2.30 bits per heavy atom. The van der Waals surface area contributed by atoms with Gasteiger partial charge in [-0.15, -0.1) is 0 Å². The van der Waals surface area contributed by atoms with E-state index in [1.807, 2.05) is 51.1 Å². The molecule has 1 aromatic heterocycles. The number of ether oxygens (including phenoxy) is 2. The maximum atomic E-state index is 12.1. The van der Waals surface area contributed by atoms with Gasteiger partial charge < -0.3 is 19.2 Å². The molecule has 0 amide bonds. The topological polar surface area (TPSA) is 90.7 Å². The molecule has 1 fully saturated rings. The number of oxazole rings is 1. The number of rotatable bonds is 3. The van der Waals surface area contributed by atoms with Crippen LogP contribution >= 0.6 is 0 Å². The lowest BCUT2D eigenvalue weighted by Gasteiger charge is -2.29. The van der Waals surface area contributed by atoms with E-state index in [1.165, 1.54) is 20.0 Å². The van der Waals surface area contributed by atoms with Crippen molar-refractivity contribution < 1.29 is 23.5 Å². The lowest BCUT2D eigenvalue weighted by atomic mass is 10.1. The van der Waals surface area contributed by atoms with Gasteiger partial charge in [0.25, 0.3) is 5.79 Å². The average Bonchev–Trinajstić information content (AvgIpc) is 3.04. The van der Waals surface area contributed by atoms with E-state index in [9.17, 15) is 9.59 Å². The smallest absolute Gasteiger partial charge is 0.350 e. The number of carbonyl (C=O) groups is 2. The van der Waals surface area contributed by atoms with Gasteiger partial charge in [0.1, 0.15) is 5.52 Å². The van der Waals surface area contributed by atoms with Crippen LogP contribution in [-0.4, -0.2) is 22.7 Å². The number of benzene rings is 2. The van der Waals surface area contributed by atoms with E-state index >= 15 is 0 Å². The maximum absolute atomic E-state index is 12.1. The number of carbonyl (C=O) groups excluding carboxylic acids is 2. The van der Waals surface area contributed by atoms with E-state index in [1.54, 1.807) is 0 Å². The number of anilines is 1. The molecule has 1 saturated heterocycles. The predicted molar refractivity (Wildman–Crippen MR) is 112 cm³/mol. The monoisotopic (exact) mass is 406 g/mol. The van der Waals surface area contributed by atoms with Crippen molar-refractivity contribution in [2.45, 2.75) is 40.4 Å². The number of cyclic esters (lactones) is 2. The number of aromatic nitrogens is 1. The molecular formula is C23H22N2O5. The van der Waals surface area contributed by atoms with Crippen molar-refractivity contribution in [3.63, 3.8) is 0 Å². The molecular weight excluding hydrogens is 384 g/mol. The molecule has 0 radical (unpaired) electrons. The summed E-state index contributed by atoms with van der Waals surface area (Å²) < 4.78 is 16.1. The van der Waals surface area contributed by atoms with Crippen molar-refractivity contribution in [3.8, 4) is 11.5 Å². The fourth-order valence-corrected chi connectivity index (χ4v) is 3.14. The Labute approximate surface area is 173 Å². The molecule has 7 nitrogen and oxygen atoms in total. The fourth-order valence-electron chi connectivity index (χ4n) is 3.14. The van der Waals surface area contributed by atoms with Gasteiger partial charge in [0.2, 0.25) is 5.89 Å². The summed E-state index contributed by atoms with van der Waals surface area (Å²) in [6.07, 6.45) is 1.30. The summed E-state index contributed by atoms with van der Waals surface area (Å²) in [5.41, 5.74) is 5.97. The molecule has 0 atom stereocenters. The predicted octanol–water partition coefficient (Wildman–Crippen LogP) is 4.55. The first kappa shape index (κ1) is 19.7. The van der Waals surface area contributed by atoms with E-state index in [2.05, 4.69) is 10.3 Å². The van der Waals surface area contributed by atoms with Crippen molar-refractivity contribution >= 4 is 28.7 Å². The van der Waals surface area contributed by atoms with Crippen LogP contribution in [-0.2, 0) is 19.1 Å². The normalized spacial score (nSPS) is 15.7. The highest BCUT2D eigenvalue weighted by Gasteiger charge is 2.38. The van der Waals surface area contributed by atoms with E-state index in [0.717, 1.165) is 33.4 Å². The molecule has 4 rings (SSSR count). The molecule has 2 heterocycles. The first-order valence-corrected chi connectivity index (χ1v) is 9.55. The molecule has 154 valence electrons. The van der Waals surface area contributed by atoms with Gasteiger partial charge in [-0.2, -0.15) is 0 Å². The molecule has 7 heteroatoms. The van der Waals surface area contributed by atoms with Crippen molar-refractivity contribution in [2.24, 2.45) is 0 Å². The first-order chi connectivity index (χ1) is 14.1. The van der Waals surface area contributed by atoms with Crippen LogP contribution in [0.15, 0.2) is 46.5 Å². The molecule has 3 aromatic rings. The summed E-state index contributed by atoms with van der Waals surface area (Å²) in [5.74, 6) is -2.25. The number of nitrogens with zero attached hydrogens (tertiary/aromatic N) is 1. The van der Waals surface area contributed by atoms with Gasteiger partial charge in [0.15, 0.2) is 11.2 Å². The highest BCUT2D eigenvalue weighted by Crippen LogP contribution is 2.30. The second kappa shape index (κ2) is 7.02. The molecule has 0 unspecified atom stereocenters. The van der Waals surface area contributed by atoms with Crippen LogP contribution in [0.4, 0.5) is 5.69 Å². The zero-order valence-electron chi connectivity index (χ0n) is 17.5. The zero-order valence-corrected chi connectivity index (χ0v) is 17.5. The van der Waals surface area contributed by atoms with Gasteiger partial charge in [0.05, 0.1) is 0 Å². The Bertz CT molecular complexity index is 1160. The van der Waals surface area contributed by atoms with Crippen LogP contribution in [0, 0.1) is 20.8 Å². The van der Waals surface area contributed by atoms with Gasteiger partial charge in [-0.1, -0.05) is 6.07 Å². The van der Waals surface area contributed by atoms with Crippen molar-refractivity contribution in [1.29, 1.82) is 0 Å². The minimum Gasteiger partial charge on any atom is -0.436 e. The van der Waals surface area contributed by atoms with Crippen LogP contribution < -0.4 is 5.32 Å². The summed E-state index contributed by atoms with van der Waals surface area (Å²) in [5, 5.41) is 3.00. The second-order valence-electron chi connectivity index (χ2n) is 7.83. The van der Waals surface area contributed by atoms with Crippen LogP contribution in [0.1, 0.15) is 30.5 Å². The Morgan fingerprint density at radius 1 is 0.933 bits per heavy atom. The minimum absolute atomic E-state index is 0.202. The third kappa shape index (κ3) is 3.66. The lowest BCUT2D eigenvalue weighted by Crippen LogP contribution is -2.42. The molecule has 0 saturated carbocycles. The van der Waals surface area contributed by atoms with Gasteiger partial charge in [-0.25, -0.2) is 14.6 Å².